The molecule has 0 spiro atoms. The molecule has 4 N–H and O–H groups in total. The number of hydrogen-bond acceptors (Lipinski definition) is 6. The second-order valence-electron chi connectivity index (χ2n) is 7.39. The minimum absolute atomic E-state index is 0.0629. The normalized spacial score (nSPS) is 10.7. The first-order valence-electron chi connectivity index (χ1n) is 10.2. The van der Waals surface area contributed by atoms with Gasteiger partial charge in [-0.25, -0.2) is 9.97 Å². The van der Waals surface area contributed by atoms with Crippen LogP contribution in [0.3, 0.4) is 0 Å². The van der Waals surface area contributed by atoms with Crippen LogP contribution in [0.5, 0.6) is 0 Å². The van der Waals surface area contributed by atoms with Gasteiger partial charge in [-0.3, -0.25) is 9.59 Å². The SMILES string of the molecule is CNc1cccc(C(=O)Cc2cccc(CNc3ncnc4c(C(N)=O)cccc34)c2)c1. The number of nitrogens with one attached hydrogen (secondary N) is 2. The number of Topliss-reactive ketones (excluding diaryl/α,β-unsaturated/α-hetero) is 1. The zero-order valence-corrected chi connectivity index (χ0v) is 17.6. The topological polar surface area (TPSA) is 110 Å². The molecule has 0 unspecified atom stereocenters. The summed E-state index contributed by atoms with van der Waals surface area (Å²) in [6.07, 6.45) is 1.73. The number of nitrogens with zero attached hydrogens (tertiary/aromatic N) is 2. The van der Waals surface area contributed by atoms with Gasteiger partial charge in [0.25, 0.3) is 5.91 Å². The molecule has 1 amide bonds. The minimum atomic E-state index is -0.530. The predicted octanol–water partition coefficient (Wildman–Crippen LogP) is 3.81. The number of amides is 1. The van der Waals surface area contributed by atoms with Gasteiger partial charge in [0.2, 0.25) is 0 Å². The molecule has 0 aliphatic carbocycles. The first kappa shape index (κ1) is 21.0. The first-order valence-corrected chi connectivity index (χ1v) is 10.2. The summed E-state index contributed by atoms with van der Waals surface area (Å²) in [5.41, 5.74) is 9.87. The summed E-state index contributed by atoms with van der Waals surface area (Å²) < 4.78 is 0. The van der Waals surface area contributed by atoms with E-state index in [-0.39, 0.29) is 5.78 Å². The van der Waals surface area contributed by atoms with Gasteiger partial charge < -0.3 is 16.4 Å². The molecule has 4 aromatic rings. The highest BCUT2D eigenvalue weighted by Crippen LogP contribution is 2.23. The zero-order valence-electron chi connectivity index (χ0n) is 17.6. The van der Waals surface area contributed by atoms with Crippen molar-refractivity contribution in [3.8, 4) is 0 Å². The van der Waals surface area contributed by atoms with E-state index in [4.69, 9.17) is 5.73 Å². The predicted molar refractivity (Wildman–Crippen MR) is 126 cm³/mol. The van der Waals surface area contributed by atoms with Crippen molar-refractivity contribution in [1.82, 2.24) is 9.97 Å². The van der Waals surface area contributed by atoms with Crippen LogP contribution in [0.1, 0.15) is 31.8 Å². The van der Waals surface area contributed by atoms with Gasteiger partial charge in [-0.15, -0.1) is 0 Å². The smallest absolute Gasteiger partial charge is 0.250 e. The molecule has 1 heterocycles. The third-order valence-corrected chi connectivity index (χ3v) is 5.22. The third kappa shape index (κ3) is 4.57. The summed E-state index contributed by atoms with van der Waals surface area (Å²) >= 11 is 0. The molecular weight excluding hydrogens is 402 g/mol. The van der Waals surface area contributed by atoms with Gasteiger partial charge in [-0.2, -0.15) is 0 Å². The van der Waals surface area contributed by atoms with Crippen molar-refractivity contribution >= 4 is 34.1 Å². The van der Waals surface area contributed by atoms with Gasteiger partial charge in [0.1, 0.15) is 12.1 Å². The molecule has 0 aliphatic rings. The van der Waals surface area contributed by atoms with Crippen LogP contribution in [0.15, 0.2) is 73.1 Å². The number of ketones is 1. The van der Waals surface area contributed by atoms with Gasteiger partial charge in [-0.1, -0.05) is 42.5 Å². The van der Waals surface area contributed by atoms with Crippen LogP contribution in [-0.4, -0.2) is 28.7 Å². The average Bonchev–Trinajstić information content (AvgIpc) is 2.82. The average molecular weight is 425 g/mol. The van der Waals surface area contributed by atoms with Crippen molar-refractivity contribution in [2.24, 2.45) is 5.73 Å². The lowest BCUT2D eigenvalue weighted by atomic mass is 10.0. The number of carbonyl (C=O) groups is 2. The second kappa shape index (κ2) is 9.26. The molecule has 0 saturated heterocycles. The van der Waals surface area contributed by atoms with Crippen molar-refractivity contribution in [2.45, 2.75) is 13.0 Å². The number of anilines is 2. The fraction of sp³-hybridized carbons (Fsp3) is 0.120. The van der Waals surface area contributed by atoms with Crippen LogP contribution >= 0.6 is 0 Å². The van der Waals surface area contributed by atoms with Gasteiger partial charge in [0.05, 0.1) is 11.1 Å². The standard InChI is InChI=1S/C25H23N5O2/c1-27-19-8-3-7-18(13-19)22(31)12-16-5-2-6-17(11-16)14-28-25-21-10-4-9-20(24(26)32)23(21)29-15-30-25/h2-11,13,15,27H,12,14H2,1H3,(H2,26,32)(H,28,29,30). The summed E-state index contributed by atoms with van der Waals surface area (Å²) in [4.78, 5) is 32.9. The number of nitrogens with two attached hydrogens (primary N) is 1. The Labute approximate surface area is 185 Å². The highest BCUT2D eigenvalue weighted by atomic mass is 16.1. The number of primary amides is 1. The fourth-order valence-corrected chi connectivity index (χ4v) is 3.60. The molecule has 0 bridgehead atoms. The van der Waals surface area contributed by atoms with Crippen molar-refractivity contribution in [2.75, 3.05) is 17.7 Å². The van der Waals surface area contributed by atoms with E-state index >= 15 is 0 Å². The quantitative estimate of drug-likeness (QED) is 0.370. The lowest BCUT2D eigenvalue weighted by Crippen LogP contribution is -2.12. The van der Waals surface area contributed by atoms with Crippen LogP contribution in [0.2, 0.25) is 0 Å². The Bertz CT molecular complexity index is 1300. The van der Waals surface area contributed by atoms with Crippen molar-refractivity contribution in [1.29, 1.82) is 0 Å². The Morgan fingerprint density at radius 2 is 1.72 bits per heavy atom. The number of para-hydroxylation sites is 1. The molecule has 1 aromatic heterocycles. The van der Waals surface area contributed by atoms with Crippen molar-refractivity contribution in [3.63, 3.8) is 0 Å². The van der Waals surface area contributed by atoms with Gasteiger partial charge in [-0.05, 0) is 35.4 Å². The fourth-order valence-electron chi connectivity index (χ4n) is 3.60. The van der Waals surface area contributed by atoms with Gasteiger partial charge in [0, 0.05) is 36.7 Å². The maximum Gasteiger partial charge on any atom is 0.250 e. The van der Waals surface area contributed by atoms with E-state index in [0.717, 1.165) is 22.2 Å². The van der Waals surface area contributed by atoms with E-state index in [1.807, 2.05) is 61.6 Å². The van der Waals surface area contributed by atoms with Crippen LogP contribution in [0.25, 0.3) is 10.9 Å². The van der Waals surface area contributed by atoms with Crippen LogP contribution in [0.4, 0.5) is 11.5 Å². The largest absolute Gasteiger partial charge is 0.388 e. The summed E-state index contributed by atoms with van der Waals surface area (Å²) in [6, 6.07) is 20.6. The first-order chi connectivity index (χ1) is 15.5. The molecule has 3 aromatic carbocycles. The number of aromatic nitrogens is 2. The maximum atomic E-state index is 12.7. The Morgan fingerprint density at radius 1 is 0.938 bits per heavy atom. The Balaban J connectivity index is 1.50. The number of hydrogen-bond donors (Lipinski definition) is 3. The number of rotatable bonds is 8. The van der Waals surface area contributed by atoms with E-state index in [1.54, 1.807) is 12.1 Å². The number of fused-ring (bicyclic) bond motifs is 1. The molecular formula is C25H23N5O2. The zero-order chi connectivity index (χ0) is 22.5. The van der Waals surface area contributed by atoms with E-state index in [9.17, 15) is 9.59 Å². The summed E-state index contributed by atoms with van der Waals surface area (Å²) in [7, 11) is 1.83. The van der Waals surface area contributed by atoms with Crippen molar-refractivity contribution in [3.05, 3.63) is 95.3 Å². The summed E-state index contributed by atoms with van der Waals surface area (Å²) in [5, 5.41) is 7.08. The van der Waals surface area contributed by atoms with E-state index in [0.29, 0.717) is 35.4 Å². The molecule has 0 fully saturated rings. The minimum Gasteiger partial charge on any atom is -0.388 e. The molecule has 0 aliphatic heterocycles. The van der Waals surface area contributed by atoms with Crippen LogP contribution in [0, 0.1) is 0 Å². The highest BCUT2D eigenvalue weighted by Gasteiger charge is 2.12. The van der Waals surface area contributed by atoms with E-state index in [2.05, 4.69) is 20.6 Å². The molecule has 0 atom stereocenters. The number of benzene rings is 3. The molecule has 32 heavy (non-hydrogen) atoms. The Hall–Kier alpha value is -4.26. The molecule has 7 heteroatoms. The van der Waals surface area contributed by atoms with Gasteiger partial charge in [0.15, 0.2) is 5.78 Å². The second-order valence-corrected chi connectivity index (χ2v) is 7.39. The Morgan fingerprint density at radius 3 is 2.53 bits per heavy atom. The molecule has 0 radical (unpaired) electrons. The third-order valence-electron chi connectivity index (χ3n) is 5.22. The maximum absolute atomic E-state index is 12.7. The van der Waals surface area contributed by atoms with Crippen LogP contribution in [-0.2, 0) is 13.0 Å². The van der Waals surface area contributed by atoms with E-state index in [1.165, 1.54) is 6.33 Å². The van der Waals surface area contributed by atoms with Crippen LogP contribution < -0.4 is 16.4 Å². The van der Waals surface area contributed by atoms with Crippen molar-refractivity contribution < 1.29 is 9.59 Å². The molecule has 160 valence electrons. The monoisotopic (exact) mass is 425 g/mol. The summed E-state index contributed by atoms with van der Waals surface area (Å²) in [6.45, 7) is 0.504. The number of carbonyl (C=O) groups excluding carboxylic acids is 2. The Kier molecular flexibility index (Phi) is 6.07. The molecule has 7 nitrogen and oxygen atoms in total. The summed E-state index contributed by atoms with van der Waals surface area (Å²) in [5.74, 6) is 0.148. The van der Waals surface area contributed by atoms with E-state index < -0.39 is 5.91 Å². The molecule has 0 saturated carbocycles. The lowest BCUT2D eigenvalue weighted by Gasteiger charge is -2.11. The highest BCUT2D eigenvalue weighted by molar-refractivity contribution is 6.06. The lowest BCUT2D eigenvalue weighted by molar-refractivity contribution is 0.0988. The van der Waals surface area contributed by atoms with Gasteiger partial charge >= 0.3 is 0 Å². The molecule has 4 rings (SSSR count).